The minimum Gasteiger partial charge on any atom is -0.383 e. The lowest BCUT2D eigenvalue weighted by Crippen LogP contribution is -2.16. The highest BCUT2D eigenvalue weighted by atomic mass is 15.0. The molecule has 1 aliphatic carbocycles. The van der Waals surface area contributed by atoms with Crippen LogP contribution in [0.3, 0.4) is 0 Å². The van der Waals surface area contributed by atoms with Crippen molar-refractivity contribution in [3.05, 3.63) is 97.7 Å². The first-order valence-corrected chi connectivity index (χ1v) is 9.25. The number of hydrogen-bond donors (Lipinski definition) is 1. The predicted octanol–water partition coefficient (Wildman–Crippen LogP) is 5.64. The Morgan fingerprint density at radius 3 is 2.44 bits per heavy atom. The van der Waals surface area contributed by atoms with E-state index < -0.39 is 0 Å². The predicted molar refractivity (Wildman–Crippen MR) is 121 cm³/mol. The molecule has 142 valence electrons. The monoisotopic (exact) mass is 361 g/mol. The van der Waals surface area contributed by atoms with Gasteiger partial charge in [0.05, 0.1) is 6.54 Å². The second-order valence-corrected chi connectivity index (χ2v) is 6.21. The van der Waals surface area contributed by atoms with Gasteiger partial charge in [-0.15, -0.1) is 6.58 Å². The molecule has 0 heterocycles. The molecule has 0 amide bonds. The van der Waals surface area contributed by atoms with Gasteiger partial charge in [-0.2, -0.15) is 0 Å². The van der Waals surface area contributed by atoms with Gasteiger partial charge >= 0.3 is 0 Å². The fraction of sp³-hybridized carbons (Fsp3) is 0.250. The van der Waals surface area contributed by atoms with Crippen LogP contribution in [0.4, 0.5) is 0 Å². The van der Waals surface area contributed by atoms with Gasteiger partial charge in [-0.3, -0.25) is 4.99 Å². The van der Waals surface area contributed by atoms with Crippen LogP contribution in [0, 0.1) is 5.92 Å². The Labute approximate surface area is 164 Å². The molecule has 0 aromatic carbocycles. The summed E-state index contributed by atoms with van der Waals surface area (Å²) >= 11 is 0. The van der Waals surface area contributed by atoms with E-state index in [9.17, 15) is 0 Å². The van der Waals surface area contributed by atoms with Gasteiger partial charge in [-0.05, 0) is 31.8 Å². The Kier molecular flexibility index (Phi) is 10.9. The van der Waals surface area contributed by atoms with Crippen molar-refractivity contribution in [3.8, 4) is 0 Å². The molecule has 0 atom stereocenters. The zero-order valence-electron chi connectivity index (χ0n) is 16.3. The summed E-state index contributed by atoms with van der Waals surface area (Å²) in [5.41, 5.74) is 7.77. The van der Waals surface area contributed by atoms with Crippen molar-refractivity contribution >= 4 is 11.7 Å². The zero-order valence-corrected chi connectivity index (χ0v) is 16.3. The van der Waals surface area contributed by atoms with E-state index in [0.717, 1.165) is 24.8 Å². The van der Waals surface area contributed by atoms with Gasteiger partial charge in [-0.1, -0.05) is 80.0 Å². The van der Waals surface area contributed by atoms with Crippen molar-refractivity contribution in [3.63, 3.8) is 0 Å². The Morgan fingerprint density at radius 2 is 1.81 bits per heavy atom. The first-order valence-electron chi connectivity index (χ1n) is 9.25. The second kappa shape index (κ2) is 13.3. The highest BCUT2D eigenvalue weighted by molar-refractivity contribution is 6.11. The average molecular weight is 362 g/mol. The van der Waals surface area contributed by atoms with Crippen LogP contribution < -0.4 is 5.73 Å². The average Bonchev–Trinajstić information content (AvgIpc) is 2.95. The number of nitrogens with two attached hydrogens (primary N) is 1. The molecule has 0 spiro atoms. The maximum atomic E-state index is 6.11. The topological polar surface area (TPSA) is 50.7 Å². The minimum atomic E-state index is 0.240. The lowest BCUT2D eigenvalue weighted by Gasteiger charge is -2.08. The van der Waals surface area contributed by atoms with Gasteiger partial charge in [0, 0.05) is 11.5 Å². The molecule has 0 fully saturated rings. The molecule has 0 saturated heterocycles. The van der Waals surface area contributed by atoms with E-state index in [1.54, 1.807) is 18.2 Å². The van der Waals surface area contributed by atoms with E-state index >= 15 is 0 Å². The van der Waals surface area contributed by atoms with Crippen LogP contribution in [0.15, 0.2) is 108 Å². The third kappa shape index (κ3) is 9.36. The Morgan fingerprint density at radius 1 is 1.11 bits per heavy atom. The number of amidine groups is 2. The quantitative estimate of drug-likeness (QED) is 0.177. The molecule has 0 bridgehead atoms. The number of rotatable bonds is 10. The molecule has 1 rings (SSSR count). The first-order chi connectivity index (χ1) is 13.1. The summed E-state index contributed by atoms with van der Waals surface area (Å²) in [7, 11) is 0. The number of hydrogen-bond acceptors (Lipinski definition) is 1. The van der Waals surface area contributed by atoms with Crippen LogP contribution in [-0.2, 0) is 0 Å². The minimum absolute atomic E-state index is 0.240. The maximum absolute atomic E-state index is 6.11. The standard InChI is InChI=1S/C24H31N3/c1-5-7-9-12-16-21(4)24(27-23(25)20(3)15-8-6-2)26-19-22-17-13-10-11-14-18-22/h5-6,8,10-11,13-18,22H,1-3,7,9,12,19H2,4H3,(H2,25,26,27)/b15-8-,21-16+. The molecule has 27 heavy (non-hydrogen) atoms. The summed E-state index contributed by atoms with van der Waals surface area (Å²) < 4.78 is 0. The van der Waals surface area contributed by atoms with Crippen molar-refractivity contribution < 1.29 is 0 Å². The molecule has 2 N–H and O–H groups in total. The second-order valence-electron chi connectivity index (χ2n) is 6.21. The number of nitrogens with zero attached hydrogens (tertiary/aromatic N) is 2. The highest BCUT2D eigenvalue weighted by Crippen LogP contribution is 2.10. The molecule has 0 aromatic heterocycles. The van der Waals surface area contributed by atoms with Crippen molar-refractivity contribution in [1.29, 1.82) is 0 Å². The van der Waals surface area contributed by atoms with E-state index in [-0.39, 0.29) is 5.92 Å². The molecule has 1 aliphatic rings. The van der Waals surface area contributed by atoms with Gasteiger partial charge in [0.2, 0.25) is 0 Å². The Balaban J connectivity index is 3.01. The Hall–Kier alpha value is -2.94. The lowest BCUT2D eigenvalue weighted by atomic mass is 10.1. The van der Waals surface area contributed by atoms with Gasteiger partial charge in [0.25, 0.3) is 0 Å². The largest absolute Gasteiger partial charge is 0.383 e. The van der Waals surface area contributed by atoms with Gasteiger partial charge in [0.1, 0.15) is 5.84 Å². The molecule has 0 saturated carbocycles. The van der Waals surface area contributed by atoms with Crippen LogP contribution >= 0.6 is 0 Å². The van der Waals surface area contributed by atoms with Crippen molar-refractivity contribution in [2.45, 2.75) is 26.2 Å². The van der Waals surface area contributed by atoms with E-state index in [1.165, 1.54) is 0 Å². The van der Waals surface area contributed by atoms with E-state index in [2.05, 4.69) is 43.0 Å². The van der Waals surface area contributed by atoms with E-state index in [0.29, 0.717) is 23.8 Å². The SMILES string of the molecule is C=C/C=C\C(=C)/C(N)=N/C(=N\CC1C=CC=CC=C1)C(/C)=C/CCCC=C. The third-order valence-electron chi connectivity index (χ3n) is 3.91. The number of unbranched alkanes of at least 4 members (excludes halogenated alkanes) is 2. The van der Waals surface area contributed by atoms with Crippen molar-refractivity contribution in [2.75, 3.05) is 6.54 Å². The number of aliphatic imine (C=N–C) groups is 2. The molecular formula is C24H31N3. The van der Waals surface area contributed by atoms with Gasteiger partial charge in [-0.25, -0.2) is 4.99 Å². The first kappa shape index (κ1) is 22.1. The van der Waals surface area contributed by atoms with Crippen molar-refractivity contribution in [2.24, 2.45) is 21.6 Å². The van der Waals surface area contributed by atoms with E-state index in [1.807, 2.05) is 37.3 Å². The summed E-state index contributed by atoms with van der Waals surface area (Å²) in [6, 6.07) is 0. The van der Waals surface area contributed by atoms with Gasteiger partial charge < -0.3 is 5.73 Å². The van der Waals surface area contributed by atoms with Crippen LogP contribution in [0.2, 0.25) is 0 Å². The molecule has 3 nitrogen and oxygen atoms in total. The molecular weight excluding hydrogens is 330 g/mol. The summed E-state index contributed by atoms with van der Waals surface area (Å²) in [5, 5.41) is 0. The summed E-state index contributed by atoms with van der Waals surface area (Å²) in [4.78, 5) is 9.28. The maximum Gasteiger partial charge on any atom is 0.152 e. The highest BCUT2D eigenvalue weighted by Gasteiger charge is 2.06. The van der Waals surface area contributed by atoms with Crippen LogP contribution in [0.5, 0.6) is 0 Å². The fourth-order valence-electron chi connectivity index (χ4n) is 2.30. The summed E-state index contributed by atoms with van der Waals surface area (Å²) in [5.74, 6) is 1.25. The third-order valence-corrected chi connectivity index (χ3v) is 3.91. The van der Waals surface area contributed by atoms with Crippen molar-refractivity contribution in [1.82, 2.24) is 0 Å². The van der Waals surface area contributed by atoms with E-state index in [4.69, 9.17) is 10.7 Å². The molecule has 0 radical (unpaired) electrons. The smallest absolute Gasteiger partial charge is 0.152 e. The van der Waals surface area contributed by atoms with Gasteiger partial charge in [0.15, 0.2) is 5.84 Å². The molecule has 0 aromatic rings. The number of allylic oxidation sites excluding steroid dienone is 8. The van der Waals surface area contributed by atoms with Crippen LogP contribution in [0.25, 0.3) is 0 Å². The molecule has 0 aliphatic heterocycles. The summed E-state index contributed by atoms with van der Waals surface area (Å²) in [6.45, 7) is 14.0. The zero-order chi connectivity index (χ0) is 19.9. The van der Waals surface area contributed by atoms with Crippen LogP contribution in [0.1, 0.15) is 26.2 Å². The molecule has 0 unspecified atom stereocenters. The normalized spacial score (nSPS) is 16.0. The van der Waals surface area contributed by atoms with Crippen LogP contribution in [-0.4, -0.2) is 18.2 Å². The lowest BCUT2D eigenvalue weighted by molar-refractivity contribution is 0.820. The molecule has 3 heteroatoms. The fourth-order valence-corrected chi connectivity index (χ4v) is 2.30. The Bertz CT molecular complexity index is 709. The summed E-state index contributed by atoms with van der Waals surface area (Å²) in [6.07, 6.45) is 24.7.